The van der Waals surface area contributed by atoms with Crippen molar-refractivity contribution in [2.45, 2.75) is 6.92 Å². The van der Waals surface area contributed by atoms with Gasteiger partial charge in [-0.25, -0.2) is 4.79 Å². The Morgan fingerprint density at radius 3 is 2.81 bits per heavy atom. The number of carbonyl (C=O) groups is 1. The highest BCUT2D eigenvalue weighted by molar-refractivity contribution is 5.95. The molecule has 0 aliphatic rings. The third kappa shape index (κ3) is 1.95. The molecule has 4 heteroatoms. The van der Waals surface area contributed by atoms with Gasteiger partial charge in [0.15, 0.2) is 0 Å². The van der Waals surface area contributed by atoms with Crippen LogP contribution in [0.5, 0.6) is 0 Å². The van der Waals surface area contributed by atoms with E-state index in [1.54, 1.807) is 25.5 Å². The summed E-state index contributed by atoms with van der Waals surface area (Å²) in [5.41, 5.74) is 2.26. The van der Waals surface area contributed by atoms with Crippen molar-refractivity contribution in [3.05, 3.63) is 42.5 Å². The van der Waals surface area contributed by atoms with E-state index in [9.17, 15) is 4.79 Å². The van der Waals surface area contributed by atoms with Gasteiger partial charge in [0.2, 0.25) is 0 Å². The number of carbonyl (C=O) groups excluding carboxylic acids is 1. The van der Waals surface area contributed by atoms with Crippen LogP contribution >= 0.6 is 0 Å². The van der Waals surface area contributed by atoms with E-state index in [1.807, 2.05) is 18.2 Å². The van der Waals surface area contributed by atoms with E-state index in [0.717, 1.165) is 11.1 Å². The van der Waals surface area contributed by atoms with Gasteiger partial charge < -0.3 is 9.72 Å². The molecule has 2 heterocycles. The van der Waals surface area contributed by atoms with Crippen molar-refractivity contribution in [1.29, 1.82) is 0 Å². The van der Waals surface area contributed by atoms with Crippen LogP contribution in [0.2, 0.25) is 0 Å². The van der Waals surface area contributed by atoms with Crippen LogP contribution in [0.4, 0.5) is 0 Å². The maximum Gasteiger partial charge on any atom is 0.355 e. The molecule has 0 saturated carbocycles. The monoisotopic (exact) mass is 216 g/mol. The van der Waals surface area contributed by atoms with E-state index >= 15 is 0 Å². The van der Waals surface area contributed by atoms with Crippen LogP contribution in [0.3, 0.4) is 0 Å². The molecule has 0 aromatic carbocycles. The lowest BCUT2D eigenvalue weighted by molar-refractivity contribution is 0.0521. The van der Waals surface area contributed by atoms with Crippen LogP contribution in [-0.4, -0.2) is 22.5 Å². The van der Waals surface area contributed by atoms with Crippen LogP contribution in [0.25, 0.3) is 11.1 Å². The molecule has 4 nitrogen and oxygen atoms in total. The minimum absolute atomic E-state index is 0.334. The first-order valence-corrected chi connectivity index (χ1v) is 5.08. The van der Waals surface area contributed by atoms with Crippen LogP contribution in [0, 0.1) is 0 Å². The van der Waals surface area contributed by atoms with Crippen molar-refractivity contribution in [2.75, 3.05) is 6.61 Å². The van der Waals surface area contributed by atoms with Crippen molar-refractivity contribution < 1.29 is 9.53 Å². The van der Waals surface area contributed by atoms with Crippen LogP contribution < -0.4 is 0 Å². The SMILES string of the molecule is CCOC(=O)c1[nH]ccc1-c1ccncc1. The summed E-state index contributed by atoms with van der Waals surface area (Å²) in [5.74, 6) is -0.334. The molecule has 0 aliphatic heterocycles. The Morgan fingerprint density at radius 2 is 2.12 bits per heavy atom. The lowest BCUT2D eigenvalue weighted by atomic mass is 10.1. The maximum absolute atomic E-state index is 11.6. The summed E-state index contributed by atoms with van der Waals surface area (Å²) in [6.45, 7) is 2.15. The molecule has 0 radical (unpaired) electrons. The molecule has 0 atom stereocenters. The van der Waals surface area contributed by atoms with Gasteiger partial charge in [-0.3, -0.25) is 4.98 Å². The van der Waals surface area contributed by atoms with Gasteiger partial charge in [-0.15, -0.1) is 0 Å². The first kappa shape index (κ1) is 10.4. The number of rotatable bonds is 3. The summed E-state index contributed by atoms with van der Waals surface area (Å²) >= 11 is 0. The molecule has 16 heavy (non-hydrogen) atoms. The van der Waals surface area contributed by atoms with Crippen molar-refractivity contribution in [3.8, 4) is 11.1 Å². The first-order valence-electron chi connectivity index (χ1n) is 5.08. The predicted molar refractivity (Wildman–Crippen MR) is 60.0 cm³/mol. The molecule has 0 spiro atoms. The summed E-state index contributed by atoms with van der Waals surface area (Å²) in [5, 5.41) is 0. The fourth-order valence-corrected chi connectivity index (χ4v) is 1.51. The molecular formula is C12H12N2O2. The highest BCUT2D eigenvalue weighted by Gasteiger charge is 2.14. The largest absolute Gasteiger partial charge is 0.461 e. The second-order valence-corrected chi connectivity index (χ2v) is 3.22. The molecule has 2 rings (SSSR count). The number of nitrogens with one attached hydrogen (secondary N) is 1. The van der Waals surface area contributed by atoms with E-state index in [-0.39, 0.29) is 5.97 Å². The number of pyridine rings is 1. The Bertz CT molecular complexity index is 477. The second kappa shape index (κ2) is 4.61. The first-order chi connectivity index (χ1) is 7.83. The lowest BCUT2D eigenvalue weighted by Crippen LogP contribution is -2.06. The van der Waals surface area contributed by atoms with E-state index in [2.05, 4.69) is 9.97 Å². The normalized spacial score (nSPS) is 10.1. The number of esters is 1. The zero-order chi connectivity index (χ0) is 11.4. The standard InChI is InChI=1S/C12H12N2O2/c1-2-16-12(15)11-10(5-8-14-11)9-3-6-13-7-4-9/h3-8,14H,2H2,1H3. The Balaban J connectivity index is 2.37. The number of hydrogen-bond donors (Lipinski definition) is 1. The van der Waals surface area contributed by atoms with Crippen LogP contribution in [0.1, 0.15) is 17.4 Å². The van der Waals surface area contributed by atoms with Crippen molar-refractivity contribution >= 4 is 5.97 Å². The molecule has 0 saturated heterocycles. The second-order valence-electron chi connectivity index (χ2n) is 3.22. The number of H-pyrrole nitrogens is 1. The topological polar surface area (TPSA) is 55.0 Å². The van der Waals surface area contributed by atoms with Gasteiger partial charge >= 0.3 is 5.97 Å². The van der Waals surface area contributed by atoms with Gasteiger partial charge in [0.1, 0.15) is 5.69 Å². The van der Waals surface area contributed by atoms with Gasteiger partial charge in [0, 0.05) is 24.2 Å². The fraction of sp³-hybridized carbons (Fsp3) is 0.167. The molecule has 0 amide bonds. The molecule has 0 fully saturated rings. The van der Waals surface area contributed by atoms with Gasteiger partial charge in [-0.05, 0) is 30.7 Å². The zero-order valence-corrected chi connectivity index (χ0v) is 8.93. The van der Waals surface area contributed by atoms with E-state index in [4.69, 9.17) is 4.74 Å². The van der Waals surface area contributed by atoms with E-state index in [1.165, 1.54) is 0 Å². The van der Waals surface area contributed by atoms with Crippen molar-refractivity contribution in [3.63, 3.8) is 0 Å². The zero-order valence-electron chi connectivity index (χ0n) is 8.93. The molecule has 2 aromatic rings. The number of nitrogens with zero attached hydrogens (tertiary/aromatic N) is 1. The Kier molecular flexibility index (Phi) is 3.00. The molecule has 82 valence electrons. The average molecular weight is 216 g/mol. The number of aromatic amines is 1. The highest BCUT2D eigenvalue weighted by atomic mass is 16.5. The van der Waals surface area contributed by atoms with Crippen LogP contribution in [0.15, 0.2) is 36.8 Å². The molecule has 0 unspecified atom stereocenters. The Morgan fingerprint density at radius 1 is 1.38 bits per heavy atom. The van der Waals surface area contributed by atoms with E-state index in [0.29, 0.717) is 12.3 Å². The summed E-state index contributed by atoms with van der Waals surface area (Å²) in [7, 11) is 0. The van der Waals surface area contributed by atoms with Gasteiger partial charge in [0.05, 0.1) is 6.61 Å². The third-order valence-electron chi connectivity index (χ3n) is 2.22. The predicted octanol–water partition coefficient (Wildman–Crippen LogP) is 2.25. The minimum Gasteiger partial charge on any atom is -0.461 e. The quantitative estimate of drug-likeness (QED) is 0.800. The van der Waals surface area contributed by atoms with Crippen LogP contribution in [-0.2, 0) is 4.74 Å². The summed E-state index contributed by atoms with van der Waals surface area (Å²) < 4.78 is 4.96. The number of hydrogen-bond acceptors (Lipinski definition) is 3. The maximum atomic E-state index is 11.6. The number of aromatic nitrogens is 2. The van der Waals surface area contributed by atoms with Gasteiger partial charge in [-0.1, -0.05) is 0 Å². The third-order valence-corrected chi connectivity index (χ3v) is 2.22. The molecular weight excluding hydrogens is 204 g/mol. The Labute approximate surface area is 93.3 Å². The smallest absolute Gasteiger partial charge is 0.355 e. The summed E-state index contributed by atoms with van der Waals surface area (Å²) in [6.07, 6.45) is 5.11. The average Bonchev–Trinajstić information content (AvgIpc) is 2.79. The highest BCUT2D eigenvalue weighted by Crippen LogP contribution is 2.22. The molecule has 0 aliphatic carbocycles. The summed E-state index contributed by atoms with van der Waals surface area (Å²) in [4.78, 5) is 18.5. The molecule has 2 aromatic heterocycles. The summed E-state index contributed by atoms with van der Waals surface area (Å²) in [6, 6.07) is 5.55. The minimum atomic E-state index is -0.334. The lowest BCUT2D eigenvalue weighted by Gasteiger charge is -2.03. The van der Waals surface area contributed by atoms with Gasteiger partial charge in [-0.2, -0.15) is 0 Å². The van der Waals surface area contributed by atoms with E-state index < -0.39 is 0 Å². The van der Waals surface area contributed by atoms with Gasteiger partial charge in [0.25, 0.3) is 0 Å². The molecule has 0 bridgehead atoms. The fourth-order valence-electron chi connectivity index (χ4n) is 1.51. The Hall–Kier alpha value is -2.10. The van der Waals surface area contributed by atoms with Crippen molar-refractivity contribution in [2.24, 2.45) is 0 Å². The number of ether oxygens (including phenoxy) is 1. The molecule has 1 N–H and O–H groups in total. The van der Waals surface area contributed by atoms with Crippen molar-refractivity contribution in [1.82, 2.24) is 9.97 Å².